The highest BCUT2D eigenvalue weighted by atomic mass is 127. The molecule has 4 heterocycles. The average Bonchev–Trinajstić information content (AvgIpc) is 4.21. The van der Waals surface area contributed by atoms with Crippen LogP contribution in [0.15, 0.2) is 74.9 Å². The van der Waals surface area contributed by atoms with Crippen LogP contribution in [0.3, 0.4) is 0 Å². The third kappa shape index (κ3) is 17.5. The molecule has 422 valence electrons. The number of aliphatic hydroxyl groups is 4. The molecule has 73 heavy (non-hydrogen) atoms. The zero-order valence-corrected chi connectivity index (χ0v) is 51.3. The fourth-order valence-electron chi connectivity index (χ4n) is 13.9. The fraction of sp³-hybridized carbons (Fsp3) is 0.800. The number of aliphatic hydroxyl groups excluding tert-OH is 4. The minimum Gasteiger partial charge on any atom is -0.396 e. The summed E-state index contributed by atoms with van der Waals surface area (Å²) in [4.78, 5) is 7.86. The molecular weight excluding hydrogens is 1020 g/mol. The van der Waals surface area contributed by atoms with Crippen LogP contribution in [0.2, 0.25) is 0 Å². The van der Waals surface area contributed by atoms with E-state index in [1.807, 2.05) is 77.2 Å². The lowest BCUT2D eigenvalue weighted by molar-refractivity contribution is -0.912. The summed E-state index contributed by atoms with van der Waals surface area (Å²) >= 11 is 2.10. The molecule has 0 amide bonds. The number of rotatable bonds is 19. The van der Waals surface area contributed by atoms with E-state index in [-0.39, 0.29) is 20.6 Å². The Kier molecular flexibility index (Phi) is 29.0. The SMILES string of the molecule is C.CCC(C)(C)C(C)(C)[C@@H]1[C@H](C)[C@H](C(C)(C)[C@@H]2[C@H](C)[C@H](C)[C@H](C(C)(C)C(C)(C)CC)[C@@H]2C)[C@H](C)[C@@H]1C.CCCCO.OCCI.OCCn1cc[n+](C[n+]2ccn(CCO)c2)c1.c1cn(Cn2ccnc2)cn1. The molecule has 4 aromatic rings. The van der Waals surface area contributed by atoms with Crippen molar-refractivity contribution >= 4 is 22.6 Å². The number of aromatic nitrogens is 8. The van der Waals surface area contributed by atoms with Crippen molar-refractivity contribution in [3.8, 4) is 0 Å². The summed E-state index contributed by atoms with van der Waals surface area (Å²) in [5.41, 5.74) is 1.76. The van der Waals surface area contributed by atoms with Gasteiger partial charge in [0.05, 0.1) is 32.5 Å². The van der Waals surface area contributed by atoms with Crippen LogP contribution in [-0.4, -0.2) is 79.5 Å². The third-order valence-electron chi connectivity index (χ3n) is 19.4. The predicted octanol–water partition coefficient (Wildman–Crippen LogP) is 12.0. The molecule has 12 nitrogen and oxygen atoms in total. The van der Waals surface area contributed by atoms with Crippen LogP contribution >= 0.6 is 22.6 Å². The Balaban J connectivity index is 0.000000571. The molecule has 2 aliphatic rings. The topological polar surface area (TPSA) is 134 Å². The highest BCUT2D eigenvalue weighted by Gasteiger charge is 2.63. The minimum absolute atomic E-state index is 0. The van der Waals surface area contributed by atoms with Gasteiger partial charge in [0.15, 0.2) is 0 Å². The molecule has 0 spiro atoms. The Morgan fingerprint density at radius 3 is 1.12 bits per heavy atom. The fourth-order valence-corrected chi connectivity index (χ4v) is 13.9. The zero-order valence-electron chi connectivity index (χ0n) is 49.1. The van der Waals surface area contributed by atoms with Crippen LogP contribution in [0.4, 0.5) is 0 Å². The number of alkyl halides is 1. The first kappa shape index (κ1) is 68.4. The van der Waals surface area contributed by atoms with Gasteiger partial charge in [-0.2, -0.15) is 9.13 Å². The maximum atomic E-state index is 8.82. The number of hydrogen-bond acceptors (Lipinski definition) is 6. The molecule has 4 aromatic heterocycles. The van der Waals surface area contributed by atoms with Crippen LogP contribution in [0.1, 0.15) is 165 Å². The molecule has 2 aliphatic carbocycles. The second-order valence-corrected chi connectivity index (χ2v) is 25.8. The Hall–Kier alpha value is -2.59. The number of unbranched alkanes of at least 4 members (excludes halogenated alkanes) is 1. The first-order chi connectivity index (χ1) is 33.7. The highest BCUT2D eigenvalue weighted by molar-refractivity contribution is 14.1. The average molecular weight is 1140 g/mol. The van der Waals surface area contributed by atoms with Crippen molar-refractivity contribution in [3.63, 3.8) is 0 Å². The molecule has 0 saturated heterocycles. The van der Waals surface area contributed by atoms with Crippen LogP contribution in [0, 0.1) is 86.3 Å². The van der Waals surface area contributed by atoms with Crippen molar-refractivity contribution < 1.29 is 29.6 Å². The quantitative estimate of drug-likeness (QED) is 0.0420. The standard InChI is InChI=1S/C35H68.C11H18N4O2.C7H8N4.C4H10O.C2H5IO.CH4/c1-19-31(9,10)34(15,16)29-23(5)21(3)27(25(29)7)33(13,14)28-22(4)24(6)30(26(28)8)35(17,18)32(11,12)20-2;16-7-5-12-1-3-14(9-12)11-15-4-2-13(10-15)6-8-17;1-3-10(5-8-1)7-11-4-2-9-6-11;1-2-3-4-5;3-1-2-4;/h21-30H,19-20H2,1-18H3;1-4,9-10,16-17H,5-8,11H2;1-6H,7H2;5H,2-4H2,1H3;4H,1-2H2;1H4/q;+2;;;;/t21-,22-,23+,24+,25-,26-,27-,28-,29+,30+;;;;;/m1...../s1. The molecule has 0 aliphatic heterocycles. The van der Waals surface area contributed by atoms with Crippen LogP contribution < -0.4 is 9.13 Å². The second-order valence-electron chi connectivity index (χ2n) is 24.7. The van der Waals surface area contributed by atoms with E-state index >= 15 is 0 Å². The van der Waals surface area contributed by atoms with E-state index in [1.54, 1.807) is 25.0 Å². The maximum absolute atomic E-state index is 8.82. The Labute approximate surface area is 461 Å². The second kappa shape index (κ2) is 31.0. The van der Waals surface area contributed by atoms with Crippen molar-refractivity contribution in [1.82, 2.24) is 28.2 Å². The molecule has 0 bridgehead atoms. The molecule has 10 atom stereocenters. The smallest absolute Gasteiger partial charge is 0.247 e. The van der Waals surface area contributed by atoms with E-state index in [9.17, 15) is 0 Å². The van der Waals surface area contributed by atoms with Crippen molar-refractivity contribution in [3.05, 3.63) is 74.9 Å². The molecule has 13 heteroatoms. The summed E-state index contributed by atoms with van der Waals surface area (Å²) in [6.45, 7) is 52.2. The van der Waals surface area contributed by atoms with Gasteiger partial charge >= 0.3 is 0 Å². The summed E-state index contributed by atoms with van der Waals surface area (Å²) in [7, 11) is 0. The van der Waals surface area contributed by atoms with E-state index in [4.69, 9.17) is 20.4 Å². The van der Waals surface area contributed by atoms with Gasteiger partial charge in [0.2, 0.25) is 19.3 Å². The first-order valence-corrected chi connectivity index (χ1v) is 29.2. The number of halogens is 1. The van der Waals surface area contributed by atoms with Crippen molar-refractivity contribution in [1.29, 1.82) is 0 Å². The van der Waals surface area contributed by atoms with Gasteiger partial charge < -0.3 is 29.6 Å². The monoisotopic (exact) mass is 1140 g/mol. The van der Waals surface area contributed by atoms with E-state index in [2.05, 4.69) is 164 Å². The molecule has 6 rings (SSSR count). The largest absolute Gasteiger partial charge is 0.396 e. The molecular formula is C60H113IN8O4+2. The van der Waals surface area contributed by atoms with Gasteiger partial charge in [-0.15, -0.1) is 0 Å². The van der Waals surface area contributed by atoms with Gasteiger partial charge in [0, 0.05) is 35.8 Å². The molecule has 0 radical (unpaired) electrons. The van der Waals surface area contributed by atoms with Crippen LogP contribution in [0.25, 0.3) is 0 Å². The molecule has 4 N–H and O–H groups in total. The molecule has 0 aromatic carbocycles. The van der Waals surface area contributed by atoms with Crippen molar-refractivity contribution in [2.45, 2.75) is 191 Å². The number of nitrogens with zero attached hydrogens (tertiary/aromatic N) is 8. The lowest BCUT2D eigenvalue weighted by Gasteiger charge is -2.52. The minimum atomic E-state index is 0. The van der Waals surface area contributed by atoms with Crippen LogP contribution in [0.5, 0.6) is 0 Å². The Morgan fingerprint density at radius 2 is 0.863 bits per heavy atom. The number of hydrogen-bond donors (Lipinski definition) is 4. The van der Waals surface area contributed by atoms with E-state index in [0.717, 1.165) is 89.8 Å². The highest BCUT2D eigenvalue weighted by Crippen LogP contribution is 2.68. The van der Waals surface area contributed by atoms with E-state index in [1.165, 1.54) is 12.8 Å². The Morgan fingerprint density at radius 1 is 0.507 bits per heavy atom. The first-order valence-electron chi connectivity index (χ1n) is 27.7. The van der Waals surface area contributed by atoms with Gasteiger partial charge in [-0.1, -0.05) is 181 Å². The van der Waals surface area contributed by atoms with Crippen molar-refractivity contribution in [2.24, 2.45) is 86.3 Å². The van der Waals surface area contributed by atoms with Crippen molar-refractivity contribution in [2.75, 3.05) is 30.9 Å². The lowest BCUT2D eigenvalue weighted by atomic mass is 9.53. The summed E-state index contributed by atoms with van der Waals surface area (Å²) in [5.74, 6) is 7.82. The summed E-state index contributed by atoms with van der Waals surface area (Å²) in [6.07, 6.45) is 27.2. The van der Waals surface area contributed by atoms with Gasteiger partial charge in [-0.3, -0.25) is 0 Å². The lowest BCUT2D eigenvalue weighted by Crippen LogP contribution is -2.49. The predicted molar refractivity (Wildman–Crippen MR) is 312 cm³/mol. The summed E-state index contributed by atoms with van der Waals surface area (Å²) in [6, 6.07) is 0. The zero-order chi connectivity index (χ0) is 54.8. The number of imidazole rings is 4. The Bertz CT molecular complexity index is 1880. The van der Waals surface area contributed by atoms with Gasteiger partial charge in [0.25, 0.3) is 0 Å². The summed E-state index contributed by atoms with van der Waals surface area (Å²) in [5, 5.41) is 33.6. The van der Waals surface area contributed by atoms with E-state index in [0.29, 0.717) is 53.4 Å². The molecule has 0 unspecified atom stereocenters. The summed E-state index contributed by atoms with van der Waals surface area (Å²) < 4.78 is 12.7. The van der Waals surface area contributed by atoms with Crippen LogP contribution in [-0.2, 0) is 26.4 Å². The third-order valence-corrected chi connectivity index (χ3v) is 19.9. The van der Waals surface area contributed by atoms with Gasteiger partial charge in [-0.25, -0.2) is 19.1 Å². The normalized spacial score (nSPS) is 24.2. The van der Waals surface area contributed by atoms with E-state index < -0.39 is 0 Å². The maximum Gasteiger partial charge on any atom is 0.247 e. The van der Waals surface area contributed by atoms with Gasteiger partial charge in [-0.05, 0) is 92.7 Å². The molecule has 2 saturated carbocycles. The molecule has 2 fully saturated rings. The van der Waals surface area contributed by atoms with Gasteiger partial charge in [0.1, 0.15) is 44.5 Å².